The van der Waals surface area contributed by atoms with Crippen LogP contribution in [-0.4, -0.2) is 30.4 Å². The molecule has 0 unspecified atom stereocenters. The van der Waals surface area contributed by atoms with E-state index < -0.39 is 0 Å². The number of nitrogens with two attached hydrogens (primary N) is 1. The Morgan fingerprint density at radius 2 is 2.22 bits per heavy atom. The summed E-state index contributed by atoms with van der Waals surface area (Å²) in [7, 11) is 2.08. The third kappa shape index (κ3) is 3.23. The zero-order valence-electron chi connectivity index (χ0n) is 11.1. The van der Waals surface area contributed by atoms with E-state index in [9.17, 15) is 4.79 Å². The highest BCUT2D eigenvalue weighted by atomic mass is 16.1. The van der Waals surface area contributed by atoms with Gasteiger partial charge in [-0.3, -0.25) is 4.79 Å². The van der Waals surface area contributed by atoms with Crippen LogP contribution in [0.5, 0.6) is 0 Å². The van der Waals surface area contributed by atoms with Gasteiger partial charge in [-0.05, 0) is 44.5 Å². The number of carbonyl (C=O) groups is 1. The second-order valence-electron chi connectivity index (χ2n) is 5.03. The van der Waals surface area contributed by atoms with Crippen LogP contribution >= 0.6 is 0 Å². The summed E-state index contributed by atoms with van der Waals surface area (Å²) in [6.07, 6.45) is 3.07. The maximum absolute atomic E-state index is 11.8. The summed E-state index contributed by atoms with van der Waals surface area (Å²) >= 11 is 0. The molecule has 1 saturated carbocycles. The molecule has 4 heteroatoms. The number of hydrogen-bond donors (Lipinski definition) is 2. The van der Waals surface area contributed by atoms with Crippen LogP contribution in [-0.2, 0) is 4.79 Å². The quantitative estimate of drug-likeness (QED) is 0.782. The first-order chi connectivity index (χ1) is 8.58. The van der Waals surface area contributed by atoms with Gasteiger partial charge < -0.3 is 16.0 Å². The number of nitrogens with one attached hydrogen (secondary N) is 1. The molecule has 2 rings (SSSR count). The number of nitrogen functional groups attached to an aromatic ring is 1. The Bertz CT molecular complexity index is 441. The fraction of sp³-hybridized carbons (Fsp3) is 0.500. The first-order valence-electron chi connectivity index (χ1n) is 6.43. The van der Waals surface area contributed by atoms with Crippen LogP contribution in [0.15, 0.2) is 18.2 Å². The highest BCUT2D eigenvalue weighted by Crippen LogP contribution is 2.25. The smallest absolute Gasteiger partial charge is 0.225 e. The van der Waals surface area contributed by atoms with E-state index in [1.165, 1.54) is 12.8 Å². The molecule has 0 aromatic heterocycles. The van der Waals surface area contributed by atoms with E-state index in [4.69, 9.17) is 5.73 Å². The van der Waals surface area contributed by atoms with Gasteiger partial charge in [0, 0.05) is 30.4 Å². The molecule has 0 heterocycles. The summed E-state index contributed by atoms with van der Waals surface area (Å²) in [6.45, 7) is 2.74. The molecule has 0 atom stereocenters. The average molecular weight is 247 g/mol. The zero-order valence-corrected chi connectivity index (χ0v) is 11.1. The van der Waals surface area contributed by atoms with Crippen molar-refractivity contribution in [2.24, 2.45) is 0 Å². The van der Waals surface area contributed by atoms with Crippen molar-refractivity contribution in [1.29, 1.82) is 0 Å². The van der Waals surface area contributed by atoms with Crippen LogP contribution in [0.3, 0.4) is 0 Å². The van der Waals surface area contributed by atoms with Crippen LogP contribution < -0.4 is 11.1 Å². The van der Waals surface area contributed by atoms with Crippen LogP contribution in [0.4, 0.5) is 11.4 Å². The molecule has 3 N–H and O–H groups in total. The summed E-state index contributed by atoms with van der Waals surface area (Å²) in [6, 6.07) is 6.28. The normalized spacial score (nSPS) is 14.8. The Labute approximate surface area is 108 Å². The maximum Gasteiger partial charge on any atom is 0.225 e. The largest absolute Gasteiger partial charge is 0.398 e. The van der Waals surface area contributed by atoms with Crippen molar-refractivity contribution in [1.82, 2.24) is 4.90 Å². The van der Waals surface area contributed by atoms with Gasteiger partial charge in [-0.15, -0.1) is 0 Å². The summed E-state index contributed by atoms with van der Waals surface area (Å²) in [5.41, 5.74) is 8.26. The monoisotopic (exact) mass is 247 g/mol. The third-order valence-corrected chi connectivity index (χ3v) is 3.51. The molecule has 1 amide bonds. The van der Waals surface area contributed by atoms with Crippen LogP contribution in [0.2, 0.25) is 0 Å². The minimum atomic E-state index is 0.0520. The number of amides is 1. The van der Waals surface area contributed by atoms with Crippen LogP contribution in [0, 0.1) is 6.92 Å². The summed E-state index contributed by atoms with van der Waals surface area (Å²) in [5, 5.41) is 2.92. The highest BCUT2D eigenvalue weighted by Gasteiger charge is 2.25. The van der Waals surface area contributed by atoms with Crippen molar-refractivity contribution >= 4 is 17.3 Å². The minimum Gasteiger partial charge on any atom is -0.398 e. The first kappa shape index (κ1) is 12.9. The molecule has 0 radical (unpaired) electrons. The molecule has 4 nitrogen and oxygen atoms in total. The molecule has 0 spiro atoms. The summed E-state index contributed by atoms with van der Waals surface area (Å²) < 4.78 is 0. The Morgan fingerprint density at radius 1 is 1.50 bits per heavy atom. The van der Waals surface area contributed by atoms with Gasteiger partial charge in [0.1, 0.15) is 0 Å². The predicted molar refractivity (Wildman–Crippen MR) is 74.5 cm³/mol. The fourth-order valence-corrected chi connectivity index (χ4v) is 1.98. The Kier molecular flexibility index (Phi) is 3.87. The SMILES string of the molecule is Cc1c(N)cccc1NC(=O)CCN(C)C1CC1. The van der Waals surface area contributed by atoms with Gasteiger partial charge >= 0.3 is 0 Å². The number of hydrogen-bond acceptors (Lipinski definition) is 3. The van der Waals surface area contributed by atoms with Crippen molar-refractivity contribution in [3.8, 4) is 0 Å². The summed E-state index contributed by atoms with van der Waals surface area (Å²) in [4.78, 5) is 14.1. The Balaban J connectivity index is 1.84. The molecular weight excluding hydrogens is 226 g/mol. The summed E-state index contributed by atoms with van der Waals surface area (Å²) in [5.74, 6) is 0.0520. The molecule has 0 aliphatic heterocycles. The zero-order chi connectivity index (χ0) is 13.1. The lowest BCUT2D eigenvalue weighted by molar-refractivity contribution is -0.116. The molecule has 0 saturated heterocycles. The van der Waals surface area contributed by atoms with Gasteiger partial charge in [0.05, 0.1) is 0 Å². The highest BCUT2D eigenvalue weighted by molar-refractivity contribution is 5.92. The van der Waals surface area contributed by atoms with Gasteiger partial charge in [0.15, 0.2) is 0 Å². The molecule has 1 aliphatic carbocycles. The molecular formula is C14H21N3O. The predicted octanol–water partition coefficient (Wildman–Crippen LogP) is 2.00. The lowest BCUT2D eigenvalue weighted by Gasteiger charge is -2.15. The Morgan fingerprint density at radius 3 is 2.89 bits per heavy atom. The second kappa shape index (κ2) is 5.40. The van der Waals surface area contributed by atoms with Crippen molar-refractivity contribution < 1.29 is 4.79 Å². The van der Waals surface area contributed by atoms with E-state index in [-0.39, 0.29) is 5.91 Å². The number of nitrogens with zero attached hydrogens (tertiary/aromatic N) is 1. The second-order valence-corrected chi connectivity index (χ2v) is 5.03. The van der Waals surface area contributed by atoms with E-state index in [0.29, 0.717) is 18.2 Å². The van der Waals surface area contributed by atoms with Crippen molar-refractivity contribution in [2.75, 3.05) is 24.6 Å². The van der Waals surface area contributed by atoms with Crippen molar-refractivity contribution in [2.45, 2.75) is 32.2 Å². The van der Waals surface area contributed by atoms with E-state index in [2.05, 4.69) is 17.3 Å². The minimum absolute atomic E-state index is 0.0520. The molecule has 1 aliphatic rings. The third-order valence-electron chi connectivity index (χ3n) is 3.51. The van der Waals surface area contributed by atoms with E-state index in [1.807, 2.05) is 25.1 Å². The Hall–Kier alpha value is -1.55. The molecule has 18 heavy (non-hydrogen) atoms. The molecule has 1 aromatic rings. The fourth-order valence-electron chi connectivity index (χ4n) is 1.98. The standard InChI is InChI=1S/C14H21N3O/c1-10-12(15)4-3-5-13(10)16-14(18)8-9-17(2)11-6-7-11/h3-5,11H,6-9,15H2,1-2H3,(H,16,18). The van der Waals surface area contributed by atoms with Gasteiger partial charge in [-0.1, -0.05) is 6.07 Å². The lowest BCUT2D eigenvalue weighted by Crippen LogP contribution is -2.26. The average Bonchev–Trinajstić information content (AvgIpc) is 3.16. The van der Waals surface area contributed by atoms with Crippen LogP contribution in [0.25, 0.3) is 0 Å². The maximum atomic E-state index is 11.8. The first-order valence-corrected chi connectivity index (χ1v) is 6.43. The number of anilines is 2. The molecule has 0 bridgehead atoms. The topological polar surface area (TPSA) is 58.4 Å². The van der Waals surface area contributed by atoms with Gasteiger partial charge in [-0.2, -0.15) is 0 Å². The number of carbonyl (C=O) groups excluding carboxylic acids is 1. The number of rotatable bonds is 5. The van der Waals surface area contributed by atoms with Gasteiger partial charge in [-0.25, -0.2) is 0 Å². The van der Waals surface area contributed by atoms with Crippen molar-refractivity contribution in [3.05, 3.63) is 23.8 Å². The molecule has 98 valence electrons. The van der Waals surface area contributed by atoms with Crippen LogP contribution in [0.1, 0.15) is 24.8 Å². The van der Waals surface area contributed by atoms with Gasteiger partial charge in [0.25, 0.3) is 0 Å². The van der Waals surface area contributed by atoms with Gasteiger partial charge in [0.2, 0.25) is 5.91 Å². The van der Waals surface area contributed by atoms with E-state index in [1.54, 1.807) is 0 Å². The van der Waals surface area contributed by atoms with E-state index in [0.717, 1.165) is 17.8 Å². The molecule has 1 fully saturated rings. The van der Waals surface area contributed by atoms with E-state index >= 15 is 0 Å². The number of benzene rings is 1. The van der Waals surface area contributed by atoms with Crippen molar-refractivity contribution in [3.63, 3.8) is 0 Å². The molecule has 1 aromatic carbocycles. The lowest BCUT2D eigenvalue weighted by atomic mass is 10.1.